The number of hydrogen-bond donors (Lipinski definition) is 1. The number of nitrogens with two attached hydrogens (primary N) is 1. The van der Waals surface area contributed by atoms with Crippen LogP contribution in [0.25, 0.3) is 0 Å². The first kappa shape index (κ1) is 13.0. The fourth-order valence-electron chi connectivity index (χ4n) is 1.77. The lowest BCUT2D eigenvalue weighted by atomic mass is 9.97. The third kappa shape index (κ3) is 3.81. The van der Waals surface area contributed by atoms with Crippen molar-refractivity contribution in [3.63, 3.8) is 0 Å². The first-order chi connectivity index (χ1) is 7.50. The molecule has 0 aromatic carbocycles. The Morgan fingerprint density at radius 1 is 1.50 bits per heavy atom. The normalized spacial score (nSPS) is 21.2. The first-order valence-electron chi connectivity index (χ1n) is 5.69. The molecule has 0 bridgehead atoms. The van der Waals surface area contributed by atoms with E-state index < -0.39 is 0 Å². The fraction of sp³-hybridized carbons (Fsp3) is 0.818. The maximum Gasteiger partial charge on any atom is 0.248 e. The summed E-state index contributed by atoms with van der Waals surface area (Å²) in [6, 6.07) is 0. The van der Waals surface area contributed by atoms with Gasteiger partial charge in [-0.25, -0.2) is 0 Å². The van der Waals surface area contributed by atoms with Gasteiger partial charge in [-0.15, -0.1) is 0 Å². The summed E-state index contributed by atoms with van der Waals surface area (Å²) in [7, 11) is 0. The van der Waals surface area contributed by atoms with Gasteiger partial charge in [0.15, 0.2) is 0 Å². The predicted octanol–water partition coefficient (Wildman–Crippen LogP) is 0.135. The van der Waals surface area contributed by atoms with Crippen molar-refractivity contribution < 1.29 is 14.3 Å². The molecule has 1 aliphatic heterocycles. The minimum atomic E-state index is -0.317. The number of piperidine rings is 1. The molecule has 2 N–H and O–H groups in total. The molecule has 16 heavy (non-hydrogen) atoms. The van der Waals surface area contributed by atoms with E-state index in [1.807, 2.05) is 13.8 Å². The molecular formula is C11H20N2O3. The second kappa shape index (κ2) is 5.84. The SMILES string of the molecule is CC(C)OCC(=O)N1CCCC(C(N)=O)C1. The van der Waals surface area contributed by atoms with Crippen molar-refractivity contribution in [2.45, 2.75) is 32.8 Å². The molecule has 2 amide bonds. The van der Waals surface area contributed by atoms with E-state index in [1.54, 1.807) is 4.90 Å². The standard InChI is InChI=1S/C11H20N2O3/c1-8(2)16-7-10(14)13-5-3-4-9(6-13)11(12)15/h8-9H,3-7H2,1-2H3,(H2,12,15). The van der Waals surface area contributed by atoms with E-state index >= 15 is 0 Å². The van der Waals surface area contributed by atoms with Gasteiger partial charge < -0.3 is 15.4 Å². The van der Waals surface area contributed by atoms with Gasteiger partial charge in [-0.1, -0.05) is 0 Å². The Labute approximate surface area is 95.9 Å². The van der Waals surface area contributed by atoms with E-state index in [0.29, 0.717) is 13.1 Å². The maximum absolute atomic E-state index is 11.7. The van der Waals surface area contributed by atoms with E-state index in [1.165, 1.54) is 0 Å². The largest absolute Gasteiger partial charge is 0.369 e. The van der Waals surface area contributed by atoms with E-state index in [4.69, 9.17) is 10.5 Å². The van der Waals surface area contributed by atoms with Crippen LogP contribution in [-0.4, -0.2) is 42.5 Å². The van der Waals surface area contributed by atoms with Crippen molar-refractivity contribution in [2.24, 2.45) is 11.7 Å². The van der Waals surface area contributed by atoms with Gasteiger partial charge in [-0.05, 0) is 26.7 Å². The van der Waals surface area contributed by atoms with Gasteiger partial charge in [-0.3, -0.25) is 9.59 Å². The highest BCUT2D eigenvalue weighted by molar-refractivity contribution is 5.80. The van der Waals surface area contributed by atoms with Crippen molar-refractivity contribution >= 4 is 11.8 Å². The second-order valence-electron chi connectivity index (χ2n) is 4.44. The molecule has 0 aromatic rings. The monoisotopic (exact) mass is 228 g/mol. The van der Waals surface area contributed by atoms with Crippen LogP contribution in [0.15, 0.2) is 0 Å². The van der Waals surface area contributed by atoms with Crippen LogP contribution in [0.1, 0.15) is 26.7 Å². The summed E-state index contributed by atoms with van der Waals surface area (Å²) in [5, 5.41) is 0. The number of nitrogens with zero attached hydrogens (tertiary/aromatic N) is 1. The highest BCUT2D eigenvalue weighted by Gasteiger charge is 2.26. The quantitative estimate of drug-likeness (QED) is 0.743. The van der Waals surface area contributed by atoms with Crippen molar-refractivity contribution in [1.29, 1.82) is 0 Å². The maximum atomic E-state index is 11.7. The summed E-state index contributed by atoms with van der Waals surface area (Å²) in [4.78, 5) is 24.4. The average molecular weight is 228 g/mol. The molecule has 1 fully saturated rings. The summed E-state index contributed by atoms with van der Waals surface area (Å²) in [6.45, 7) is 4.99. The lowest BCUT2D eigenvalue weighted by molar-refractivity contribution is -0.140. The molecule has 0 aliphatic carbocycles. The van der Waals surface area contributed by atoms with Gasteiger partial charge in [0.25, 0.3) is 0 Å². The Hall–Kier alpha value is -1.10. The molecule has 1 saturated heterocycles. The van der Waals surface area contributed by atoms with Gasteiger partial charge in [0, 0.05) is 13.1 Å². The lowest BCUT2D eigenvalue weighted by Crippen LogP contribution is -2.45. The predicted molar refractivity (Wildman–Crippen MR) is 59.6 cm³/mol. The summed E-state index contributed by atoms with van der Waals surface area (Å²) < 4.78 is 5.25. The number of rotatable bonds is 4. The van der Waals surface area contributed by atoms with Crippen molar-refractivity contribution in [3.05, 3.63) is 0 Å². The molecule has 0 aromatic heterocycles. The third-order valence-electron chi connectivity index (χ3n) is 2.72. The topological polar surface area (TPSA) is 72.6 Å². The molecule has 1 heterocycles. The summed E-state index contributed by atoms with van der Waals surface area (Å²) in [5.74, 6) is -0.571. The van der Waals surface area contributed by atoms with E-state index in [0.717, 1.165) is 12.8 Å². The highest BCUT2D eigenvalue weighted by atomic mass is 16.5. The lowest BCUT2D eigenvalue weighted by Gasteiger charge is -2.31. The zero-order valence-electron chi connectivity index (χ0n) is 9.94. The van der Waals surface area contributed by atoms with Crippen LogP contribution in [0.2, 0.25) is 0 Å². The number of ether oxygens (including phenoxy) is 1. The Bertz CT molecular complexity index is 266. The Balaban J connectivity index is 2.41. The zero-order valence-corrected chi connectivity index (χ0v) is 9.94. The number of hydrogen-bond acceptors (Lipinski definition) is 3. The fourth-order valence-corrected chi connectivity index (χ4v) is 1.77. The van der Waals surface area contributed by atoms with Gasteiger partial charge >= 0.3 is 0 Å². The number of primary amides is 1. The van der Waals surface area contributed by atoms with Crippen LogP contribution >= 0.6 is 0 Å². The van der Waals surface area contributed by atoms with Gasteiger partial charge in [0.05, 0.1) is 12.0 Å². The van der Waals surface area contributed by atoms with Crippen LogP contribution in [-0.2, 0) is 14.3 Å². The number of carbonyl (C=O) groups is 2. The van der Waals surface area contributed by atoms with Crippen LogP contribution in [0.5, 0.6) is 0 Å². The molecule has 1 unspecified atom stereocenters. The Morgan fingerprint density at radius 3 is 2.75 bits per heavy atom. The minimum absolute atomic E-state index is 0.0423. The molecule has 5 heteroatoms. The van der Waals surface area contributed by atoms with E-state index in [-0.39, 0.29) is 30.4 Å². The highest BCUT2D eigenvalue weighted by Crippen LogP contribution is 2.16. The average Bonchev–Trinajstić information content (AvgIpc) is 2.26. The van der Waals surface area contributed by atoms with Crippen LogP contribution in [0.3, 0.4) is 0 Å². The van der Waals surface area contributed by atoms with Gasteiger partial charge in [0.1, 0.15) is 6.61 Å². The zero-order chi connectivity index (χ0) is 12.1. The van der Waals surface area contributed by atoms with Gasteiger partial charge in [-0.2, -0.15) is 0 Å². The second-order valence-corrected chi connectivity index (χ2v) is 4.44. The van der Waals surface area contributed by atoms with Gasteiger partial charge in [0.2, 0.25) is 11.8 Å². The molecule has 0 radical (unpaired) electrons. The molecule has 92 valence electrons. The molecule has 0 saturated carbocycles. The minimum Gasteiger partial charge on any atom is -0.369 e. The van der Waals surface area contributed by atoms with Crippen LogP contribution < -0.4 is 5.73 Å². The van der Waals surface area contributed by atoms with E-state index in [9.17, 15) is 9.59 Å². The van der Waals surface area contributed by atoms with Crippen LogP contribution in [0, 0.1) is 5.92 Å². The van der Waals surface area contributed by atoms with Crippen molar-refractivity contribution in [1.82, 2.24) is 4.90 Å². The summed E-state index contributed by atoms with van der Waals surface area (Å²) in [5.41, 5.74) is 5.24. The summed E-state index contributed by atoms with van der Waals surface area (Å²) >= 11 is 0. The van der Waals surface area contributed by atoms with Crippen LogP contribution in [0.4, 0.5) is 0 Å². The Kier molecular flexibility index (Phi) is 4.73. The van der Waals surface area contributed by atoms with Crippen molar-refractivity contribution in [2.75, 3.05) is 19.7 Å². The Morgan fingerprint density at radius 2 is 2.19 bits per heavy atom. The number of carbonyl (C=O) groups excluding carboxylic acids is 2. The molecule has 1 aliphatic rings. The molecule has 1 atom stereocenters. The molecule has 1 rings (SSSR count). The van der Waals surface area contributed by atoms with Crippen molar-refractivity contribution in [3.8, 4) is 0 Å². The molecule has 0 spiro atoms. The number of likely N-dealkylation sites (tertiary alicyclic amines) is 1. The molecular weight excluding hydrogens is 208 g/mol. The smallest absolute Gasteiger partial charge is 0.248 e. The summed E-state index contributed by atoms with van der Waals surface area (Å²) in [6.07, 6.45) is 1.66. The molecule has 5 nitrogen and oxygen atoms in total. The van der Waals surface area contributed by atoms with E-state index in [2.05, 4.69) is 0 Å². The number of amides is 2. The third-order valence-corrected chi connectivity index (χ3v) is 2.72. The first-order valence-corrected chi connectivity index (χ1v) is 5.69.